The van der Waals surface area contributed by atoms with Gasteiger partial charge in [0.15, 0.2) is 5.82 Å². The molecule has 1 aromatic carbocycles. The number of carbonyl (C=O) groups is 1. The molecule has 3 rings (SSSR count). The highest BCUT2D eigenvalue weighted by Crippen LogP contribution is 2.23. The SMILES string of the molecule is CC1CCCCC1NC(=O)Nc1ccn(-c2ccccc2)n1. The monoisotopic (exact) mass is 298 g/mol. The van der Waals surface area contributed by atoms with E-state index >= 15 is 0 Å². The standard InChI is InChI=1S/C17H22N4O/c1-13-7-5-6-10-15(13)18-17(22)19-16-11-12-21(20-16)14-8-3-2-4-9-14/h2-4,8-9,11-13,15H,5-7,10H2,1H3,(H2,18,19,20,22). The second-order valence-corrected chi connectivity index (χ2v) is 5.95. The Morgan fingerprint density at radius 3 is 2.73 bits per heavy atom. The average Bonchev–Trinajstić information content (AvgIpc) is 2.99. The quantitative estimate of drug-likeness (QED) is 0.910. The molecule has 22 heavy (non-hydrogen) atoms. The zero-order chi connectivity index (χ0) is 15.4. The van der Waals surface area contributed by atoms with Crippen LogP contribution < -0.4 is 10.6 Å². The summed E-state index contributed by atoms with van der Waals surface area (Å²) >= 11 is 0. The van der Waals surface area contributed by atoms with E-state index in [1.807, 2.05) is 36.5 Å². The molecule has 1 aliphatic carbocycles. The summed E-state index contributed by atoms with van der Waals surface area (Å²) in [6.07, 6.45) is 6.55. The summed E-state index contributed by atoms with van der Waals surface area (Å²) in [6.45, 7) is 2.20. The smallest absolute Gasteiger partial charge is 0.320 e. The number of aromatic nitrogens is 2. The first kappa shape index (κ1) is 14.6. The van der Waals surface area contributed by atoms with Crippen LogP contribution in [0.5, 0.6) is 0 Å². The van der Waals surface area contributed by atoms with E-state index in [0.717, 1.165) is 12.1 Å². The lowest BCUT2D eigenvalue weighted by molar-refractivity contribution is 0.232. The molecule has 1 aromatic heterocycles. The minimum Gasteiger partial charge on any atom is -0.335 e. The van der Waals surface area contributed by atoms with E-state index in [2.05, 4.69) is 22.7 Å². The fraction of sp³-hybridized carbons (Fsp3) is 0.412. The number of rotatable bonds is 3. The van der Waals surface area contributed by atoms with Crippen LogP contribution in [0.3, 0.4) is 0 Å². The van der Waals surface area contributed by atoms with Crippen molar-refractivity contribution < 1.29 is 4.79 Å². The van der Waals surface area contributed by atoms with E-state index in [9.17, 15) is 4.79 Å². The molecule has 2 amide bonds. The van der Waals surface area contributed by atoms with Gasteiger partial charge in [0.05, 0.1) is 5.69 Å². The van der Waals surface area contributed by atoms with Crippen molar-refractivity contribution in [2.45, 2.75) is 38.6 Å². The molecule has 5 nitrogen and oxygen atoms in total. The molecule has 1 saturated carbocycles. The van der Waals surface area contributed by atoms with Gasteiger partial charge in [-0.05, 0) is 30.9 Å². The lowest BCUT2D eigenvalue weighted by atomic mass is 9.86. The van der Waals surface area contributed by atoms with Crippen molar-refractivity contribution >= 4 is 11.8 Å². The summed E-state index contributed by atoms with van der Waals surface area (Å²) in [5.41, 5.74) is 0.969. The van der Waals surface area contributed by atoms with Gasteiger partial charge in [0.2, 0.25) is 0 Å². The Kier molecular flexibility index (Phi) is 4.42. The average molecular weight is 298 g/mol. The van der Waals surface area contributed by atoms with Crippen molar-refractivity contribution in [2.75, 3.05) is 5.32 Å². The van der Waals surface area contributed by atoms with Gasteiger partial charge in [-0.25, -0.2) is 9.48 Å². The lowest BCUT2D eigenvalue weighted by Gasteiger charge is -2.29. The second kappa shape index (κ2) is 6.64. The molecule has 0 bridgehead atoms. The predicted molar refractivity (Wildman–Crippen MR) is 87.1 cm³/mol. The minimum atomic E-state index is -0.169. The van der Waals surface area contributed by atoms with Gasteiger partial charge in [0.1, 0.15) is 0 Å². The third-order valence-electron chi connectivity index (χ3n) is 4.28. The number of urea groups is 1. The summed E-state index contributed by atoms with van der Waals surface area (Å²) < 4.78 is 1.75. The van der Waals surface area contributed by atoms with Gasteiger partial charge in [-0.15, -0.1) is 5.10 Å². The maximum atomic E-state index is 12.1. The Balaban J connectivity index is 1.59. The molecule has 5 heteroatoms. The van der Waals surface area contributed by atoms with Gasteiger partial charge in [-0.3, -0.25) is 5.32 Å². The number of hydrogen-bond acceptors (Lipinski definition) is 2. The molecule has 2 atom stereocenters. The van der Waals surface area contributed by atoms with Crippen LogP contribution in [-0.4, -0.2) is 21.9 Å². The Labute approximate surface area is 130 Å². The van der Waals surface area contributed by atoms with Crippen LogP contribution in [0, 0.1) is 5.92 Å². The third-order valence-corrected chi connectivity index (χ3v) is 4.28. The van der Waals surface area contributed by atoms with Gasteiger partial charge in [0.25, 0.3) is 0 Å². The molecule has 0 spiro atoms. The van der Waals surface area contributed by atoms with Crippen molar-refractivity contribution in [1.82, 2.24) is 15.1 Å². The maximum absolute atomic E-state index is 12.1. The highest BCUT2D eigenvalue weighted by molar-refractivity contribution is 5.88. The molecule has 2 aromatic rings. The number of nitrogens with zero attached hydrogens (tertiary/aromatic N) is 2. The highest BCUT2D eigenvalue weighted by atomic mass is 16.2. The largest absolute Gasteiger partial charge is 0.335 e. The third kappa shape index (κ3) is 3.47. The zero-order valence-electron chi connectivity index (χ0n) is 12.8. The lowest BCUT2D eigenvalue weighted by Crippen LogP contribution is -2.43. The van der Waals surface area contributed by atoms with Crippen molar-refractivity contribution in [3.8, 4) is 5.69 Å². The molecule has 1 fully saturated rings. The van der Waals surface area contributed by atoms with Crippen molar-refractivity contribution in [2.24, 2.45) is 5.92 Å². The van der Waals surface area contributed by atoms with Crippen molar-refractivity contribution in [3.05, 3.63) is 42.6 Å². The number of nitrogens with one attached hydrogen (secondary N) is 2. The first-order chi connectivity index (χ1) is 10.7. The molecule has 0 saturated heterocycles. The van der Waals surface area contributed by atoms with Crippen molar-refractivity contribution in [3.63, 3.8) is 0 Å². The molecule has 1 heterocycles. The first-order valence-electron chi connectivity index (χ1n) is 7.91. The van der Waals surface area contributed by atoms with E-state index in [4.69, 9.17) is 0 Å². The van der Waals surface area contributed by atoms with Gasteiger partial charge in [-0.1, -0.05) is 38.0 Å². The fourth-order valence-corrected chi connectivity index (χ4v) is 2.97. The van der Waals surface area contributed by atoms with E-state index in [1.165, 1.54) is 19.3 Å². The number of para-hydroxylation sites is 1. The van der Waals surface area contributed by atoms with E-state index in [0.29, 0.717) is 11.7 Å². The van der Waals surface area contributed by atoms with E-state index in [-0.39, 0.29) is 12.1 Å². The number of hydrogen-bond donors (Lipinski definition) is 2. The highest BCUT2D eigenvalue weighted by Gasteiger charge is 2.22. The normalized spacial score (nSPS) is 21.3. The second-order valence-electron chi connectivity index (χ2n) is 5.95. The van der Waals surface area contributed by atoms with Crippen LogP contribution in [0.2, 0.25) is 0 Å². The summed E-state index contributed by atoms with van der Waals surface area (Å²) in [5.74, 6) is 1.10. The van der Waals surface area contributed by atoms with Crippen LogP contribution in [0.15, 0.2) is 42.6 Å². The molecule has 0 radical (unpaired) electrons. The van der Waals surface area contributed by atoms with Crippen LogP contribution >= 0.6 is 0 Å². The summed E-state index contributed by atoms with van der Waals surface area (Å²) in [5, 5.41) is 10.3. The summed E-state index contributed by atoms with van der Waals surface area (Å²) in [7, 11) is 0. The molecule has 116 valence electrons. The van der Waals surface area contributed by atoms with Gasteiger partial charge in [0, 0.05) is 18.3 Å². The fourth-order valence-electron chi connectivity index (χ4n) is 2.97. The number of anilines is 1. The molecule has 1 aliphatic rings. The number of amides is 2. The number of benzene rings is 1. The van der Waals surface area contributed by atoms with E-state index < -0.39 is 0 Å². The van der Waals surface area contributed by atoms with Gasteiger partial charge < -0.3 is 5.32 Å². The zero-order valence-corrected chi connectivity index (χ0v) is 12.8. The van der Waals surface area contributed by atoms with Crippen LogP contribution in [0.1, 0.15) is 32.6 Å². The molecule has 2 N–H and O–H groups in total. The Morgan fingerprint density at radius 1 is 1.18 bits per heavy atom. The molecular formula is C17H22N4O. The summed E-state index contributed by atoms with van der Waals surface area (Å²) in [4.78, 5) is 12.1. The Bertz CT molecular complexity index is 623. The van der Waals surface area contributed by atoms with Crippen LogP contribution in [0.25, 0.3) is 5.69 Å². The van der Waals surface area contributed by atoms with E-state index in [1.54, 1.807) is 10.7 Å². The molecule has 0 aliphatic heterocycles. The predicted octanol–water partition coefficient (Wildman–Crippen LogP) is 3.57. The van der Waals surface area contributed by atoms with Crippen LogP contribution in [0.4, 0.5) is 10.6 Å². The minimum absolute atomic E-state index is 0.169. The van der Waals surface area contributed by atoms with Crippen molar-refractivity contribution in [1.29, 1.82) is 0 Å². The maximum Gasteiger partial charge on any atom is 0.320 e. The van der Waals surface area contributed by atoms with Crippen LogP contribution in [-0.2, 0) is 0 Å². The number of carbonyl (C=O) groups excluding carboxylic acids is 1. The Hall–Kier alpha value is -2.30. The molecular weight excluding hydrogens is 276 g/mol. The summed E-state index contributed by atoms with van der Waals surface area (Å²) in [6, 6.07) is 11.7. The topological polar surface area (TPSA) is 59.0 Å². The van der Waals surface area contributed by atoms with Gasteiger partial charge >= 0.3 is 6.03 Å². The first-order valence-corrected chi connectivity index (χ1v) is 7.91. The Morgan fingerprint density at radius 2 is 1.95 bits per heavy atom. The van der Waals surface area contributed by atoms with Gasteiger partial charge in [-0.2, -0.15) is 0 Å². The molecule has 2 unspecified atom stereocenters.